The summed E-state index contributed by atoms with van der Waals surface area (Å²) in [6.07, 6.45) is 0.202. The molecule has 0 amide bonds. The molecule has 0 aliphatic carbocycles. The maximum atomic E-state index is 11.2. The van der Waals surface area contributed by atoms with Crippen molar-refractivity contribution in [3.63, 3.8) is 0 Å². The molecule has 0 fully saturated rings. The number of benzene rings is 1. The van der Waals surface area contributed by atoms with Crippen LogP contribution in [0.5, 0.6) is 0 Å². The summed E-state index contributed by atoms with van der Waals surface area (Å²) in [5, 5.41) is 11.2. The third-order valence-corrected chi connectivity index (χ3v) is 2.77. The van der Waals surface area contributed by atoms with Gasteiger partial charge in [-0.3, -0.25) is 10.1 Å². The Morgan fingerprint density at radius 3 is 2.29 bits per heavy atom. The van der Waals surface area contributed by atoms with Crippen molar-refractivity contribution in [3.05, 3.63) is 46.0 Å². The number of nitrogens with zero attached hydrogens (tertiary/aromatic N) is 1. The fraction of sp³-hybridized carbons (Fsp3) is 0.462. The Morgan fingerprint density at radius 2 is 1.88 bits per heavy atom. The van der Waals surface area contributed by atoms with Gasteiger partial charge in [0.1, 0.15) is 5.78 Å². The zero-order chi connectivity index (χ0) is 13.1. The van der Waals surface area contributed by atoms with Crippen LogP contribution in [-0.2, 0) is 4.79 Å². The largest absolute Gasteiger partial charge is 0.300 e. The van der Waals surface area contributed by atoms with Crippen LogP contribution >= 0.6 is 0 Å². The zero-order valence-electron chi connectivity index (χ0n) is 10.3. The summed E-state index contributed by atoms with van der Waals surface area (Å²) in [7, 11) is 0. The molecular formula is C13H17NO3. The van der Waals surface area contributed by atoms with Crippen LogP contribution in [0.2, 0.25) is 0 Å². The van der Waals surface area contributed by atoms with Crippen molar-refractivity contribution >= 4 is 5.78 Å². The highest BCUT2D eigenvalue weighted by atomic mass is 16.6. The molecule has 0 aliphatic heterocycles. The van der Waals surface area contributed by atoms with Crippen LogP contribution in [0, 0.1) is 15.5 Å². The van der Waals surface area contributed by atoms with Gasteiger partial charge in [0.25, 0.3) is 0 Å². The second-order valence-electron chi connectivity index (χ2n) is 4.97. The van der Waals surface area contributed by atoms with E-state index in [2.05, 4.69) is 0 Å². The topological polar surface area (TPSA) is 60.2 Å². The van der Waals surface area contributed by atoms with Gasteiger partial charge < -0.3 is 4.79 Å². The Kier molecular flexibility index (Phi) is 3.99. The monoisotopic (exact) mass is 235 g/mol. The standard InChI is InChI=1S/C13H17NO3/c1-10(15)9-13(2,3)12(14(16)17)11-7-5-4-6-8-11/h4-8,12H,9H2,1-3H3. The lowest BCUT2D eigenvalue weighted by molar-refractivity contribution is -0.547. The SMILES string of the molecule is CC(=O)CC(C)(C)C(c1ccccc1)[N+](=O)[O-]. The Hall–Kier alpha value is -1.71. The van der Waals surface area contributed by atoms with E-state index in [-0.39, 0.29) is 17.1 Å². The Bertz CT molecular complexity index is 412. The number of Topliss-reactive ketones (excluding diaryl/α,β-unsaturated/α-hetero) is 1. The molecule has 0 spiro atoms. The van der Waals surface area contributed by atoms with Crippen molar-refractivity contribution in [2.45, 2.75) is 33.2 Å². The average Bonchev–Trinajstić information content (AvgIpc) is 2.15. The van der Waals surface area contributed by atoms with E-state index in [1.165, 1.54) is 6.92 Å². The molecule has 1 unspecified atom stereocenters. The first-order valence-electron chi connectivity index (χ1n) is 5.52. The Balaban J connectivity index is 3.10. The minimum absolute atomic E-state index is 0.0298. The smallest absolute Gasteiger partial charge is 0.243 e. The quantitative estimate of drug-likeness (QED) is 0.582. The van der Waals surface area contributed by atoms with Crippen LogP contribution in [-0.4, -0.2) is 10.7 Å². The van der Waals surface area contributed by atoms with E-state index in [0.717, 1.165) is 0 Å². The van der Waals surface area contributed by atoms with Crippen LogP contribution in [0.15, 0.2) is 30.3 Å². The van der Waals surface area contributed by atoms with Gasteiger partial charge in [0.05, 0.1) is 0 Å². The third-order valence-electron chi connectivity index (χ3n) is 2.77. The number of ketones is 1. The number of hydrogen-bond acceptors (Lipinski definition) is 3. The van der Waals surface area contributed by atoms with Crippen molar-refractivity contribution in [2.75, 3.05) is 0 Å². The molecule has 0 heterocycles. The van der Waals surface area contributed by atoms with Crippen molar-refractivity contribution in [2.24, 2.45) is 5.41 Å². The first-order chi connectivity index (χ1) is 7.84. The lowest BCUT2D eigenvalue weighted by Gasteiger charge is -2.27. The summed E-state index contributed by atoms with van der Waals surface area (Å²) in [4.78, 5) is 22.1. The van der Waals surface area contributed by atoms with Crippen LogP contribution < -0.4 is 0 Å². The normalized spacial score (nSPS) is 13.1. The molecule has 4 nitrogen and oxygen atoms in total. The molecule has 0 N–H and O–H groups in total. The van der Waals surface area contributed by atoms with E-state index in [4.69, 9.17) is 0 Å². The summed E-state index contributed by atoms with van der Waals surface area (Å²) < 4.78 is 0. The van der Waals surface area contributed by atoms with Crippen LogP contribution in [0.1, 0.15) is 38.8 Å². The van der Waals surface area contributed by atoms with E-state index in [1.54, 1.807) is 38.1 Å². The lowest BCUT2D eigenvalue weighted by atomic mass is 9.77. The molecule has 1 rings (SSSR count). The van der Waals surface area contributed by atoms with Gasteiger partial charge in [0, 0.05) is 22.3 Å². The molecule has 0 bridgehead atoms. The van der Waals surface area contributed by atoms with Crippen molar-refractivity contribution in [1.82, 2.24) is 0 Å². The van der Waals surface area contributed by atoms with Crippen LogP contribution in [0.4, 0.5) is 0 Å². The summed E-state index contributed by atoms with van der Waals surface area (Å²) in [5.74, 6) is -0.0298. The highest BCUT2D eigenvalue weighted by molar-refractivity contribution is 5.76. The summed E-state index contributed by atoms with van der Waals surface area (Å²) >= 11 is 0. The second-order valence-corrected chi connectivity index (χ2v) is 4.97. The summed E-state index contributed by atoms with van der Waals surface area (Å²) in [5.41, 5.74) is -0.0415. The maximum absolute atomic E-state index is 11.2. The van der Waals surface area contributed by atoms with Crippen molar-refractivity contribution in [1.29, 1.82) is 0 Å². The van der Waals surface area contributed by atoms with Gasteiger partial charge in [-0.2, -0.15) is 0 Å². The van der Waals surface area contributed by atoms with Crippen molar-refractivity contribution < 1.29 is 9.72 Å². The van der Waals surface area contributed by atoms with Gasteiger partial charge in [-0.05, 0) is 6.92 Å². The van der Waals surface area contributed by atoms with Gasteiger partial charge in [-0.15, -0.1) is 0 Å². The minimum atomic E-state index is -0.854. The van der Waals surface area contributed by atoms with Gasteiger partial charge in [-0.25, -0.2) is 0 Å². The predicted molar refractivity (Wildman–Crippen MR) is 65.3 cm³/mol. The van der Waals surface area contributed by atoms with Crippen LogP contribution in [0.25, 0.3) is 0 Å². The third kappa shape index (κ3) is 3.37. The molecule has 0 radical (unpaired) electrons. The fourth-order valence-corrected chi connectivity index (χ4v) is 2.23. The fourth-order valence-electron chi connectivity index (χ4n) is 2.23. The lowest BCUT2D eigenvalue weighted by Crippen LogP contribution is -2.30. The highest BCUT2D eigenvalue weighted by Gasteiger charge is 2.40. The number of hydrogen-bond donors (Lipinski definition) is 0. The summed E-state index contributed by atoms with van der Waals surface area (Å²) in [6, 6.07) is 7.97. The highest BCUT2D eigenvalue weighted by Crippen LogP contribution is 2.38. The number of nitro groups is 1. The van der Waals surface area contributed by atoms with E-state index >= 15 is 0 Å². The van der Waals surface area contributed by atoms with E-state index in [1.807, 2.05) is 6.07 Å². The van der Waals surface area contributed by atoms with Crippen molar-refractivity contribution in [3.8, 4) is 0 Å². The molecule has 17 heavy (non-hydrogen) atoms. The molecule has 0 saturated carbocycles. The van der Waals surface area contributed by atoms with Gasteiger partial charge >= 0.3 is 0 Å². The van der Waals surface area contributed by atoms with Gasteiger partial charge in [0.15, 0.2) is 0 Å². The number of carbonyl (C=O) groups excluding carboxylic acids is 1. The molecular weight excluding hydrogens is 218 g/mol. The minimum Gasteiger partial charge on any atom is -0.300 e. The molecule has 4 heteroatoms. The molecule has 0 aromatic heterocycles. The molecule has 1 aromatic carbocycles. The number of carbonyl (C=O) groups is 1. The van der Waals surface area contributed by atoms with Crippen LogP contribution in [0.3, 0.4) is 0 Å². The molecule has 1 aromatic rings. The molecule has 1 atom stereocenters. The molecule has 0 aliphatic rings. The molecule has 92 valence electrons. The summed E-state index contributed by atoms with van der Waals surface area (Å²) in [6.45, 7) is 4.98. The van der Waals surface area contributed by atoms with Gasteiger partial charge in [-0.1, -0.05) is 44.2 Å². The second kappa shape index (κ2) is 5.08. The first-order valence-corrected chi connectivity index (χ1v) is 5.52. The number of rotatable bonds is 5. The van der Waals surface area contributed by atoms with Gasteiger partial charge in [0.2, 0.25) is 6.04 Å². The molecule has 0 saturated heterocycles. The Morgan fingerprint density at radius 1 is 1.35 bits per heavy atom. The van der Waals surface area contributed by atoms with E-state index in [9.17, 15) is 14.9 Å². The predicted octanol–water partition coefficient (Wildman–Crippen LogP) is 3.01. The van der Waals surface area contributed by atoms with E-state index in [0.29, 0.717) is 5.56 Å². The zero-order valence-corrected chi connectivity index (χ0v) is 10.3. The average molecular weight is 235 g/mol. The Labute approximate surface area is 101 Å². The van der Waals surface area contributed by atoms with E-state index < -0.39 is 11.5 Å². The first kappa shape index (κ1) is 13.4. The maximum Gasteiger partial charge on any atom is 0.243 e.